The minimum Gasteiger partial charge on any atom is -0.465 e. The maximum atomic E-state index is 12.9. The molecule has 190 valence electrons. The number of esters is 1. The van der Waals surface area contributed by atoms with Gasteiger partial charge in [0.25, 0.3) is 5.91 Å². The Morgan fingerprint density at radius 3 is 2.40 bits per heavy atom. The van der Waals surface area contributed by atoms with Gasteiger partial charge in [-0.1, -0.05) is 43.6 Å². The van der Waals surface area contributed by atoms with Gasteiger partial charge in [0.1, 0.15) is 0 Å². The van der Waals surface area contributed by atoms with E-state index in [0.29, 0.717) is 23.1 Å². The second-order valence-corrected chi connectivity index (χ2v) is 10.4. The van der Waals surface area contributed by atoms with Gasteiger partial charge in [-0.25, -0.2) is 0 Å². The molecule has 0 aliphatic heterocycles. The molecule has 1 amide bonds. The third-order valence-corrected chi connectivity index (χ3v) is 7.25. The summed E-state index contributed by atoms with van der Waals surface area (Å²) in [7, 11) is 3.90. The molecule has 6 heteroatoms. The summed E-state index contributed by atoms with van der Waals surface area (Å²) in [6.45, 7) is 5.01. The molecule has 35 heavy (non-hydrogen) atoms. The number of benzene rings is 2. The van der Waals surface area contributed by atoms with Crippen LogP contribution in [0.1, 0.15) is 78.9 Å². The minimum atomic E-state index is -0.132. The van der Waals surface area contributed by atoms with Gasteiger partial charge >= 0.3 is 5.97 Å². The number of aryl methyl sites for hydroxylation is 1. The molecule has 1 fully saturated rings. The van der Waals surface area contributed by atoms with Crippen LogP contribution in [0.2, 0.25) is 5.02 Å². The molecule has 0 saturated heterocycles. The lowest BCUT2D eigenvalue weighted by atomic mass is 9.79. The Morgan fingerprint density at radius 1 is 1.09 bits per heavy atom. The van der Waals surface area contributed by atoms with Crippen molar-refractivity contribution >= 4 is 23.5 Å². The van der Waals surface area contributed by atoms with Crippen LogP contribution in [0.4, 0.5) is 0 Å². The molecule has 0 atom stereocenters. The third kappa shape index (κ3) is 7.55. The number of amides is 1. The van der Waals surface area contributed by atoms with E-state index in [1.54, 1.807) is 24.3 Å². The molecule has 2 aromatic rings. The smallest absolute Gasteiger partial charge is 0.308 e. The van der Waals surface area contributed by atoms with Crippen molar-refractivity contribution < 1.29 is 14.3 Å². The highest BCUT2D eigenvalue weighted by molar-refractivity contribution is 6.30. The summed E-state index contributed by atoms with van der Waals surface area (Å²) in [5, 5.41) is 3.96. The van der Waals surface area contributed by atoms with Gasteiger partial charge in [-0.15, -0.1) is 0 Å². The van der Waals surface area contributed by atoms with Gasteiger partial charge in [0.15, 0.2) is 0 Å². The van der Waals surface area contributed by atoms with Gasteiger partial charge < -0.3 is 15.0 Å². The van der Waals surface area contributed by atoms with Crippen LogP contribution in [0.15, 0.2) is 42.5 Å². The molecule has 0 bridgehead atoms. The molecule has 0 unspecified atom stereocenters. The molecule has 5 nitrogen and oxygen atoms in total. The molecule has 0 aromatic heterocycles. The van der Waals surface area contributed by atoms with Gasteiger partial charge in [-0.3, -0.25) is 9.59 Å². The van der Waals surface area contributed by atoms with E-state index in [9.17, 15) is 9.59 Å². The van der Waals surface area contributed by atoms with Crippen molar-refractivity contribution in [1.82, 2.24) is 10.2 Å². The average molecular weight is 499 g/mol. The maximum absolute atomic E-state index is 12.9. The van der Waals surface area contributed by atoms with Crippen LogP contribution >= 0.6 is 11.6 Å². The molecule has 2 aromatic carbocycles. The normalized spacial score (nSPS) is 17.9. The SMILES string of the molecule is CNCc1cc(CCCOC(=O)C(C)C)ccc1[C@H]1CC[C@H](N(C)C(=O)c2ccc(Cl)cc2)CC1. The molecular weight excluding hydrogens is 460 g/mol. The molecule has 1 saturated carbocycles. The molecule has 0 radical (unpaired) electrons. The molecule has 1 N–H and O–H groups in total. The number of rotatable bonds is 10. The van der Waals surface area contributed by atoms with Crippen molar-refractivity contribution in [2.24, 2.45) is 5.92 Å². The first-order chi connectivity index (χ1) is 16.8. The van der Waals surface area contributed by atoms with E-state index in [2.05, 4.69) is 23.5 Å². The summed E-state index contributed by atoms with van der Waals surface area (Å²) >= 11 is 5.97. The first-order valence-electron chi connectivity index (χ1n) is 12.8. The van der Waals surface area contributed by atoms with Gasteiger partial charge in [0.2, 0.25) is 0 Å². The molecule has 3 rings (SSSR count). The van der Waals surface area contributed by atoms with E-state index in [4.69, 9.17) is 16.3 Å². The molecule has 1 aliphatic carbocycles. The van der Waals surface area contributed by atoms with Crippen LogP contribution in [0.3, 0.4) is 0 Å². The van der Waals surface area contributed by atoms with Crippen LogP contribution in [-0.4, -0.2) is 43.5 Å². The topological polar surface area (TPSA) is 58.6 Å². The summed E-state index contributed by atoms with van der Waals surface area (Å²) in [5.74, 6) is 0.355. The summed E-state index contributed by atoms with van der Waals surface area (Å²) in [5.41, 5.74) is 4.73. The highest BCUT2D eigenvalue weighted by Gasteiger charge is 2.28. The Balaban J connectivity index is 1.57. The van der Waals surface area contributed by atoms with Gasteiger partial charge in [0.05, 0.1) is 12.5 Å². The Morgan fingerprint density at radius 2 is 1.77 bits per heavy atom. The van der Waals surface area contributed by atoms with Crippen LogP contribution in [0.5, 0.6) is 0 Å². The van der Waals surface area contributed by atoms with E-state index in [0.717, 1.165) is 45.1 Å². The average Bonchev–Trinajstić information content (AvgIpc) is 2.86. The first kappa shape index (κ1) is 27.2. The summed E-state index contributed by atoms with van der Waals surface area (Å²) in [6, 6.07) is 14.2. The molecule has 1 aliphatic rings. The fraction of sp³-hybridized carbons (Fsp3) is 0.517. The lowest BCUT2D eigenvalue weighted by Crippen LogP contribution is -2.39. The number of nitrogens with one attached hydrogen (secondary N) is 1. The fourth-order valence-electron chi connectivity index (χ4n) is 4.91. The highest BCUT2D eigenvalue weighted by atomic mass is 35.5. The number of halogens is 1. The van der Waals surface area contributed by atoms with Crippen LogP contribution in [0.25, 0.3) is 0 Å². The van der Waals surface area contributed by atoms with Crippen LogP contribution in [-0.2, 0) is 22.5 Å². The first-order valence-corrected chi connectivity index (χ1v) is 13.1. The van der Waals surface area contributed by atoms with E-state index < -0.39 is 0 Å². The third-order valence-electron chi connectivity index (χ3n) is 7.00. The Labute approximate surface area is 215 Å². The summed E-state index contributed by atoms with van der Waals surface area (Å²) in [6.07, 6.45) is 5.88. The predicted octanol–water partition coefficient (Wildman–Crippen LogP) is 5.99. The van der Waals surface area contributed by atoms with Crippen molar-refractivity contribution in [1.29, 1.82) is 0 Å². The van der Waals surface area contributed by atoms with E-state index in [1.807, 2.05) is 32.8 Å². The monoisotopic (exact) mass is 498 g/mol. The van der Waals surface area contributed by atoms with Crippen molar-refractivity contribution in [3.8, 4) is 0 Å². The second kappa shape index (κ2) is 13.1. The van der Waals surface area contributed by atoms with Gasteiger partial charge in [0, 0.05) is 30.2 Å². The Hall–Kier alpha value is -2.37. The zero-order chi connectivity index (χ0) is 25.4. The number of nitrogens with zero attached hydrogens (tertiary/aromatic N) is 1. The highest BCUT2D eigenvalue weighted by Crippen LogP contribution is 2.37. The molecule has 0 spiro atoms. The lowest BCUT2D eigenvalue weighted by Gasteiger charge is -2.35. The van der Waals surface area contributed by atoms with Crippen molar-refractivity contribution in [2.45, 2.75) is 70.9 Å². The van der Waals surface area contributed by atoms with Gasteiger partial charge in [-0.2, -0.15) is 0 Å². The number of hydrogen-bond acceptors (Lipinski definition) is 4. The second-order valence-electron chi connectivity index (χ2n) is 9.92. The Kier molecular flexibility index (Phi) is 10.2. The standard InChI is InChI=1S/C29H39ClN2O3/c1-20(2)29(34)35-17-5-6-21-7-16-27(24(18-21)19-31-3)22-10-14-26(15-11-22)32(4)28(33)23-8-12-25(30)13-9-23/h7-9,12-13,16,18,20,22,26,31H,5-6,10-11,14-15,17,19H2,1-4H3/t22-,26-. The van der Waals surface area contributed by atoms with Crippen molar-refractivity contribution in [3.05, 3.63) is 69.7 Å². The van der Waals surface area contributed by atoms with E-state index >= 15 is 0 Å². The summed E-state index contributed by atoms with van der Waals surface area (Å²) in [4.78, 5) is 26.5. The largest absolute Gasteiger partial charge is 0.465 e. The zero-order valence-electron chi connectivity index (χ0n) is 21.5. The van der Waals surface area contributed by atoms with E-state index in [1.165, 1.54) is 16.7 Å². The van der Waals surface area contributed by atoms with Crippen molar-refractivity contribution in [2.75, 3.05) is 20.7 Å². The van der Waals surface area contributed by atoms with Crippen molar-refractivity contribution in [3.63, 3.8) is 0 Å². The molecule has 0 heterocycles. The number of ether oxygens (including phenoxy) is 1. The van der Waals surface area contributed by atoms with E-state index in [-0.39, 0.29) is 23.8 Å². The van der Waals surface area contributed by atoms with Crippen LogP contribution < -0.4 is 5.32 Å². The zero-order valence-corrected chi connectivity index (χ0v) is 22.2. The minimum absolute atomic E-state index is 0.0596. The quantitative estimate of drug-likeness (QED) is 0.323. The number of carbonyl (C=O) groups excluding carboxylic acids is 2. The number of carbonyl (C=O) groups is 2. The van der Waals surface area contributed by atoms with Gasteiger partial charge in [-0.05, 0) is 92.4 Å². The number of hydrogen-bond donors (Lipinski definition) is 1. The maximum Gasteiger partial charge on any atom is 0.308 e. The fourth-order valence-corrected chi connectivity index (χ4v) is 5.03. The Bertz CT molecular complexity index is 982. The lowest BCUT2D eigenvalue weighted by molar-refractivity contribution is -0.147. The predicted molar refractivity (Wildman–Crippen MR) is 142 cm³/mol. The van der Waals surface area contributed by atoms with Crippen LogP contribution in [0, 0.1) is 5.92 Å². The summed E-state index contributed by atoms with van der Waals surface area (Å²) < 4.78 is 5.32. The molecular formula is C29H39ClN2O3.